The van der Waals surface area contributed by atoms with Gasteiger partial charge in [0.2, 0.25) is 0 Å². The van der Waals surface area contributed by atoms with E-state index in [2.05, 4.69) is 60.7 Å². The zero-order chi connectivity index (χ0) is 26.1. The van der Waals surface area contributed by atoms with E-state index in [-0.39, 0.29) is 11.9 Å². The number of nitrogens with zero attached hydrogens (tertiary/aromatic N) is 2. The molecular formula is C25H24BrF3N4O3. The molecule has 1 amide bonds. The van der Waals surface area contributed by atoms with E-state index in [1.807, 2.05) is 36.4 Å². The topological polar surface area (TPSA) is 94.6 Å². The number of pyridine rings is 1. The van der Waals surface area contributed by atoms with Crippen molar-refractivity contribution < 1.29 is 27.9 Å². The maximum Gasteiger partial charge on any atom is 0.490 e. The van der Waals surface area contributed by atoms with Crippen molar-refractivity contribution in [3.05, 3.63) is 88.5 Å². The molecule has 1 aliphatic rings. The van der Waals surface area contributed by atoms with Gasteiger partial charge in [-0.3, -0.25) is 9.69 Å². The van der Waals surface area contributed by atoms with Crippen molar-refractivity contribution in [2.45, 2.75) is 25.2 Å². The summed E-state index contributed by atoms with van der Waals surface area (Å²) in [5.74, 6) is -2.12. The highest BCUT2D eigenvalue weighted by Gasteiger charge is 2.38. The van der Waals surface area contributed by atoms with Crippen LogP contribution in [0.3, 0.4) is 0 Å². The van der Waals surface area contributed by atoms with Gasteiger partial charge in [0, 0.05) is 42.0 Å². The van der Waals surface area contributed by atoms with Crippen LogP contribution in [0.25, 0.3) is 0 Å². The summed E-state index contributed by atoms with van der Waals surface area (Å²) >= 11 is 3.42. The molecule has 11 heteroatoms. The van der Waals surface area contributed by atoms with Crippen molar-refractivity contribution in [3.8, 4) is 0 Å². The van der Waals surface area contributed by atoms with E-state index in [0.717, 1.165) is 36.2 Å². The van der Waals surface area contributed by atoms with Gasteiger partial charge in [0.25, 0.3) is 5.91 Å². The molecule has 190 valence electrons. The van der Waals surface area contributed by atoms with Crippen LogP contribution in [-0.4, -0.2) is 52.2 Å². The number of hydrogen-bond donors (Lipinski definition) is 3. The molecule has 0 aliphatic carbocycles. The van der Waals surface area contributed by atoms with Gasteiger partial charge in [-0.25, -0.2) is 9.78 Å². The first-order valence-electron chi connectivity index (χ1n) is 11.0. The van der Waals surface area contributed by atoms with E-state index in [4.69, 9.17) is 9.90 Å². The Morgan fingerprint density at radius 3 is 2.31 bits per heavy atom. The number of carboxylic acids is 1. The van der Waals surface area contributed by atoms with Crippen molar-refractivity contribution in [1.82, 2.24) is 15.2 Å². The monoisotopic (exact) mass is 564 g/mol. The van der Waals surface area contributed by atoms with Gasteiger partial charge in [-0.15, -0.1) is 0 Å². The molecule has 2 aromatic carbocycles. The third kappa shape index (κ3) is 8.65. The second-order valence-electron chi connectivity index (χ2n) is 8.05. The number of benzene rings is 2. The van der Waals surface area contributed by atoms with E-state index in [1.54, 1.807) is 12.3 Å². The summed E-state index contributed by atoms with van der Waals surface area (Å²) in [6, 6.07) is 22.1. The highest BCUT2D eigenvalue weighted by atomic mass is 79.9. The summed E-state index contributed by atoms with van der Waals surface area (Å²) in [5.41, 5.74) is 2.83. The quantitative estimate of drug-likeness (QED) is 0.379. The Bertz CT molecular complexity index is 1140. The molecule has 4 rings (SSSR count). The van der Waals surface area contributed by atoms with Crippen LogP contribution in [0.4, 0.5) is 24.7 Å². The van der Waals surface area contributed by atoms with E-state index in [0.29, 0.717) is 11.4 Å². The fraction of sp³-hybridized carbons (Fsp3) is 0.240. The fourth-order valence-corrected chi connectivity index (χ4v) is 3.75. The Balaban J connectivity index is 0.000000454. The van der Waals surface area contributed by atoms with E-state index >= 15 is 0 Å². The lowest BCUT2D eigenvalue weighted by Crippen LogP contribution is -2.37. The van der Waals surface area contributed by atoms with Crippen LogP contribution in [0, 0.1) is 0 Å². The summed E-state index contributed by atoms with van der Waals surface area (Å²) < 4.78 is 32.8. The SMILES string of the molecule is O=C(NC1CCN(Cc2ccccc2)C1)c1ccc(Nc2ccc(Br)cc2)nc1.O=C(O)C(F)(F)F. The number of carbonyl (C=O) groups is 2. The van der Waals surface area contributed by atoms with Crippen molar-refractivity contribution in [2.24, 2.45) is 0 Å². The Kier molecular flexibility index (Phi) is 9.43. The Morgan fingerprint density at radius 1 is 1.06 bits per heavy atom. The number of aliphatic carboxylic acids is 1. The molecule has 1 saturated heterocycles. The van der Waals surface area contributed by atoms with E-state index < -0.39 is 12.1 Å². The highest BCUT2D eigenvalue weighted by Crippen LogP contribution is 2.19. The molecule has 1 aliphatic heterocycles. The molecule has 3 N–H and O–H groups in total. The molecule has 1 unspecified atom stereocenters. The largest absolute Gasteiger partial charge is 0.490 e. The fourth-order valence-electron chi connectivity index (χ4n) is 3.49. The average Bonchev–Trinajstić information content (AvgIpc) is 3.28. The number of alkyl halides is 3. The van der Waals surface area contributed by atoms with Gasteiger partial charge in [0.15, 0.2) is 0 Å². The first kappa shape index (κ1) is 27.2. The number of anilines is 2. The Morgan fingerprint density at radius 2 is 1.72 bits per heavy atom. The zero-order valence-corrected chi connectivity index (χ0v) is 20.6. The third-order valence-corrected chi connectivity index (χ3v) is 5.77. The molecule has 1 aromatic heterocycles. The van der Waals surface area contributed by atoms with Crippen molar-refractivity contribution in [2.75, 3.05) is 18.4 Å². The molecule has 3 aromatic rings. The molecule has 0 spiro atoms. The predicted molar refractivity (Wildman–Crippen MR) is 133 cm³/mol. The summed E-state index contributed by atoms with van der Waals surface area (Å²) in [7, 11) is 0. The van der Waals surface area contributed by atoms with Gasteiger partial charge < -0.3 is 15.7 Å². The van der Waals surface area contributed by atoms with Crippen LogP contribution >= 0.6 is 15.9 Å². The Labute approximate surface area is 214 Å². The lowest BCUT2D eigenvalue weighted by molar-refractivity contribution is -0.192. The standard InChI is InChI=1S/C23H23BrN4O.C2HF3O2/c24-19-7-9-20(10-8-19)26-22-11-6-18(14-25-22)23(29)27-21-12-13-28(16-21)15-17-4-2-1-3-5-17;3-2(4,5)1(6)7/h1-11,14,21H,12-13,15-16H2,(H,25,26)(H,27,29);(H,6,7). The number of hydrogen-bond acceptors (Lipinski definition) is 5. The van der Waals surface area contributed by atoms with Crippen LogP contribution in [0.5, 0.6) is 0 Å². The van der Waals surface area contributed by atoms with Gasteiger partial charge in [-0.1, -0.05) is 46.3 Å². The first-order chi connectivity index (χ1) is 17.1. The average molecular weight is 565 g/mol. The lowest BCUT2D eigenvalue weighted by Gasteiger charge is -2.17. The maximum atomic E-state index is 12.6. The van der Waals surface area contributed by atoms with Crippen LogP contribution in [0.15, 0.2) is 77.4 Å². The number of carbonyl (C=O) groups excluding carboxylic acids is 1. The predicted octanol–water partition coefficient (Wildman–Crippen LogP) is 5.23. The molecule has 1 fully saturated rings. The summed E-state index contributed by atoms with van der Waals surface area (Å²) in [6.45, 7) is 2.79. The molecule has 7 nitrogen and oxygen atoms in total. The van der Waals surface area contributed by atoms with Crippen LogP contribution < -0.4 is 10.6 Å². The van der Waals surface area contributed by atoms with Gasteiger partial charge >= 0.3 is 12.1 Å². The van der Waals surface area contributed by atoms with Gasteiger partial charge in [-0.05, 0) is 48.4 Å². The van der Waals surface area contributed by atoms with Crippen molar-refractivity contribution >= 4 is 39.3 Å². The summed E-state index contributed by atoms with van der Waals surface area (Å²) in [4.78, 5) is 28.2. The van der Waals surface area contributed by atoms with Crippen LogP contribution in [-0.2, 0) is 11.3 Å². The van der Waals surface area contributed by atoms with E-state index in [9.17, 15) is 18.0 Å². The molecule has 0 bridgehead atoms. The lowest BCUT2D eigenvalue weighted by atomic mass is 10.2. The third-order valence-electron chi connectivity index (χ3n) is 5.24. The number of likely N-dealkylation sites (tertiary alicyclic amines) is 1. The molecule has 0 radical (unpaired) electrons. The minimum atomic E-state index is -5.08. The smallest absolute Gasteiger partial charge is 0.475 e. The number of carboxylic acid groups (broad SMARTS) is 1. The minimum absolute atomic E-state index is 0.0701. The van der Waals surface area contributed by atoms with Crippen LogP contribution in [0.2, 0.25) is 0 Å². The number of halogens is 4. The normalized spacial score (nSPS) is 15.5. The van der Waals surface area contributed by atoms with Gasteiger partial charge in [0.05, 0.1) is 5.56 Å². The summed E-state index contributed by atoms with van der Waals surface area (Å²) in [5, 5.41) is 13.5. The van der Waals surface area contributed by atoms with Crippen molar-refractivity contribution in [3.63, 3.8) is 0 Å². The minimum Gasteiger partial charge on any atom is -0.475 e. The number of nitrogens with one attached hydrogen (secondary N) is 2. The molecule has 36 heavy (non-hydrogen) atoms. The number of amides is 1. The molecule has 1 atom stereocenters. The molecular weight excluding hydrogens is 541 g/mol. The summed E-state index contributed by atoms with van der Waals surface area (Å²) in [6.07, 6.45) is -2.50. The highest BCUT2D eigenvalue weighted by molar-refractivity contribution is 9.10. The zero-order valence-electron chi connectivity index (χ0n) is 19.0. The molecule has 2 heterocycles. The molecule has 0 saturated carbocycles. The van der Waals surface area contributed by atoms with Gasteiger partial charge in [0.1, 0.15) is 5.82 Å². The van der Waals surface area contributed by atoms with Crippen molar-refractivity contribution in [1.29, 1.82) is 0 Å². The first-order valence-corrected chi connectivity index (χ1v) is 11.8. The second-order valence-corrected chi connectivity index (χ2v) is 8.96. The van der Waals surface area contributed by atoms with E-state index in [1.165, 1.54) is 5.56 Å². The number of rotatable bonds is 6. The Hall–Kier alpha value is -3.44. The van der Waals surface area contributed by atoms with Crippen LogP contribution in [0.1, 0.15) is 22.3 Å². The van der Waals surface area contributed by atoms with Gasteiger partial charge in [-0.2, -0.15) is 13.2 Å². The second kappa shape index (κ2) is 12.5. The number of aromatic nitrogens is 1. The maximum absolute atomic E-state index is 12.6.